The second kappa shape index (κ2) is 13.1. The Morgan fingerprint density at radius 2 is 1.96 bits per heavy atom. The maximum Gasteiger partial charge on any atom is 0.305 e. The highest BCUT2D eigenvalue weighted by Crippen LogP contribution is 2.31. The molecule has 0 saturated carbocycles. The largest absolute Gasteiger partial charge is 0.469 e. The number of aliphatic hydroxyl groups is 2. The molecule has 144 valence electrons. The average molecular weight is 353 g/mol. The van der Waals surface area contributed by atoms with Gasteiger partial charge in [-0.1, -0.05) is 63.3 Å². The van der Waals surface area contributed by atoms with Gasteiger partial charge in [-0.3, -0.25) is 4.79 Å². The molecule has 4 atom stereocenters. The number of esters is 1. The highest BCUT2D eigenvalue weighted by Gasteiger charge is 2.27. The number of carbonyl (C=O) groups excluding carboxylic acids is 1. The normalized spacial score (nSPS) is 22.4. The van der Waals surface area contributed by atoms with Crippen molar-refractivity contribution >= 4 is 5.97 Å². The van der Waals surface area contributed by atoms with Crippen LogP contribution in [-0.4, -0.2) is 35.5 Å². The molecule has 1 aliphatic rings. The minimum atomic E-state index is -0.378. The Labute approximate surface area is 153 Å². The van der Waals surface area contributed by atoms with Crippen molar-refractivity contribution in [3.8, 4) is 0 Å². The number of hydrogen-bond acceptors (Lipinski definition) is 4. The zero-order valence-corrected chi connectivity index (χ0v) is 15.9. The van der Waals surface area contributed by atoms with Crippen molar-refractivity contribution in [1.29, 1.82) is 0 Å². The molecule has 2 N–H and O–H groups in total. The first kappa shape index (κ1) is 21.9. The van der Waals surface area contributed by atoms with Crippen LogP contribution in [0.25, 0.3) is 0 Å². The summed E-state index contributed by atoms with van der Waals surface area (Å²) in [6.45, 7) is 2.16. The molecule has 25 heavy (non-hydrogen) atoms. The fourth-order valence-electron chi connectivity index (χ4n) is 3.39. The van der Waals surface area contributed by atoms with Gasteiger partial charge in [-0.2, -0.15) is 0 Å². The van der Waals surface area contributed by atoms with Gasteiger partial charge < -0.3 is 14.9 Å². The number of methoxy groups -OCH3 is 1. The van der Waals surface area contributed by atoms with Crippen LogP contribution in [0.15, 0.2) is 24.3 Å². The van der Waals surface area contributed by atoms with E-state index in [0.29, 0.717) is 6.42 Å². The molecule has 0 aromatic heterocycles. The van der Waals surface area contributed by atoms with Crippen molar-refractivity contribution in [2.24, 2.45) is 11.8 Å². The van der Waals surface area contributed by atoms with Gasteiger partial charge >= 0.3 is 5.97 Å². The van der Waals surface area contributed by atoms with Crippen LogP contribution in [0.1, 0.15) is 71.1 Å². The van der Waals surface area contributed by atoms with Crippen molar-refractivity contribution in [3.05, 3.63) is 24.3 Å². The Morgan fingerprint density at radius 1 is 1.20 bits per heavy atom. The van der Waals surface area contributed by atoms with E-state index in [0.717, 1.165) is 57.8 Å². The van der Waals surface area contributed by atoms with Crippen molar-refractivity contribution in [2.75, 3.05) is 7.11 Å². The zero-order chi connectivity index (χ0) is 18.5. The molecule has 0 bridgehead atoms. The highest BCUT2D eigenvalue weighted by atomic mass is 16.5. The first-order chi connectivity index (χ1) is 12.1. The number of ether oxygens (including phenoxy) is 1. The van der Waals surface area contributed by atoms with Gasteiger partial charge in [0, 0.05) is 12.3 Å². The van der Waals surface area contributed by atoms with Crippen LogP contribution < -0.4 is 0 Å². The first-order valence-electron chi connectivity index (χ1n) is 9.86. The van der Waals surface area contributed by atoms with Crippen molar-refractivity contribution < 1.29 is 19.7 Å². The van der Waals surface area contributed by atoms with Crippen LogP contribution in [0.3, 0.4) is 0 Å². The van der Waals surface area contributed by atoms with Gasteiger partial charge in [0.1, 0.15) is 0 Å². The molecule has 0 spiro atoms. The molecule has 1 aliphatic carbocycles. The zero-order valence-electron chi connectivity index (χ0n) is 15.9. The fourth-order valence-corrected chi connectivity index (χ4v) is 3.39. The molecule has 4 unspecified atom stereocenters. The van der Waals surface area contributed by atoms with Crippen LogP contribution in [0.4, 0.5) is 0 Å². The lowest BCUT2D eigenvalue weighted by atomic mass is 9.87. The lowest BCUT2D eigenvalue weighted by Gasteiger charge is -2.23. The molecule has 0 aromatic carbocycles. The van der Waals surface area contributed by atoms with E-state index in [9.17, 15) is 15.0 Å². The van der Waals surface area contributed by atoms with Gasteiger partial charge in [-0.05, 0) is 31.6 Å². The second-order valence-electron chi connectivity index (χ2n) is 7.10. The van der Waals surface area contributed by atoms with Gasteiger partial charge in [0.25, 0.3) is 0 Å². The summed E-state index contributed by atoms with van der Waals surface area (Å²) in [6.07, 6.45) is 16.5. The van der Waals surface area contributed by atoms with Crippen LogP contribution in [-0.2, 0) is 9.53 Å². The number of aliphatic hydroxyl groups excluding tert-OH is 2. The molecular weight excluding hydrogens is 316 g/mol. The van der Waals surface area contributed by atoms with Crippen molar-refractivity contribution in [2.45, 2.75) is 83.3 Å². The summed E-state index contributed by atoms with van der Waals surface area (Å²) in [5, 5.41) is 20.5. The van der Waals surface area contributed by atoms with E-state index in [-0.39, 0.29) is 30.0 Å². The Balaban J connectivity index is 2.28. The maximum atomic E-state index is 11.1. The van der Waals surface area contributed by atoms with Crippen LogP contribution in [0.2, 0.25) is 0 Å². The number of carbonyl (C=O) groups is 1. The number of unbranched alkanes of at least 4 members (excludes halogenated alkanes) is 4. The first-order valence-corrected chi connectivity index (χ1v) is 9.86. The molecule has 0 amide bonds. The molecule has 0 radical (unpaired) electrons. The van der Waals surface area contributed by atoms with Gasteiger partial charge in [0.05, 0.1) is 19.3 Å². The Kier molecular flexibility index (Phi) is 11.5. The summed E-state index contributed by atoms with van der Waals surface area (Å²) in [5.74, 6) is 0.258. The minimum Gasteiger partial charge on any atom is -0.469 e. The molecule has 4 nitrogen and oxygen atoms in total. The van der Waals surface area contributed by atoms with Crippen molar-refractivity contribution in [1.82, 2.24) is 0 Å². The molecule has 0 fully saturated rings. The standard InChI is InChI=1S/C21H36O4/c1-3-4-6-11-18(22)16-15-17-10-9-12-19(17)20(23)13-7-5-8-14-21(24)25-2/h9-10,15-20,22-23H,3-8,11-14H2,1-2H3. The van der Waals surface area contributed by atoms with Crippen molar-refractivity contribution in [3.63, 3.8) is 0 Å². The third-order valence-corrected chi connectivity index (χ3v) is 5.02. The lowest BCUT2D eigenvalue weighted by Crippen LogP contribution is -2.23. The van der Waals surface area contributed by atoms with E-state index in [2.05, 4.69) is 29.9 Å². The van der Waals surface area contributed by atoms with E-state index < -0.39 is 0 Å². The predicted molar refractivity (Wildman–Crippen MR) is 101 cm³/mol. The average Bonchev–Trinajstić information content (AvgIpc) is 3.08. The van der Waals surface area contributed by atoms with E-state index in [4.69, 9.17) is 0 Å². The van der Waals surface area contributed by atoms with Crippen LogP contribution in [0, 0.1) is 11.8 Å². The molecule has 0 heterocycles. The monoisotopic (exact) mass is 352 g/mol. The summed E-state index contributed by atoms with van der Waals surface area (Å²) in [6, 6.07) is 0. The summed E-state index contributed by atoms with van der Waals surface area (Å²) < 4.78 is 4.63. The number of rotatable bonds is 13. The number of hydrogen-bond donors (Lipinski definition) is 2. The quantitative estimate of drug-likeness (QED) is 0.297. The molecule has 4 heteroatoms. The minimum absolute atomic E-state index is 0.164. The van der Waals surface area contributed by atoms with Crippen LogP contribution >= 0.6 is 0 Å². The van der Waals surface area contributed by atoms with E-state index in [1.807, 2.05) is 6.08 Å². The maximum absolute atomic E-state index is 11.1. The Bertz CT molecular complexity index is 416. The smallest absolute Gasteiger partial charge is 0.305 e. The molecular formula is C21H36O4. The van der Waals surface area contributed by atoms with Crippen LogP contribution in [0.5, 0.6) is 0 Å². The third-order valence-electron chi connectivity index (χ3n) is 5.02. The Hall–Kier alpha value is -1.13. The van der Waals surface area contributed by atoms with E-state index in [1.54, 1.807) is 0 Å². The molecule has 0 saturated heterocycles. The Morgan fingerprint density at radius 3 is 2.68 bits per heavy atom. The highest BCUT2D eigenvalue weighted by molar-refractivity contribution is 5.68. The number of allylic oxidation sites excluding steroid dienone is 3. The van der Waals surface area contributed by atoms with Gasteiger partial charge in [-0.15, -0.1) is 0 Å². The molecule has 1 rings (SSSR count). The van der Waals surface area contributed by atoms with Gasteiger partial charge in [-0.25, -0.2) is 0 Å². The van der Waals surface area contributed by atoms with E-state index >= 15 is 0 Å². The fraction of sp³-hybridized carbons (Fsp3) is 0.762. The van der Waals surface area contributed by atoms with Gasteiger partial charge in [0.15, 0.2) is 0 Å². The van der Waals surface area contributed by atoms with Gasteiger partial charge in [0.2, 0.25) is 0 Å². The summed E-state index contributed by atoms with van der Waals surface area (Å²) in [7, 11) is 1.41. The molecule has 0 aromatic rings. The molecule has 0 aliphatic heterocycles. The van der Waals surface area contributed by atoms with E-state index in [1.165, 1.54) is 7.11 Å². The summed E-state index contributed by atoms with van der Waals surface area (Å²) in [4.78, 5) is 11.1. The predicted octanol–water partition coefficient (Wildman–Crippen LogP) is 4.16. The second-order valence-corrected chi connectivity index (χ2v) is 7.10. The summed E-state index contributed by atoms with van der Waals surface area (Å²) in [5.41, 5.74) is 0. The third kappa shape index (κ3) is 9.22. The lowest BCUT2D eigenvalue weighted by molar-refractivity contribution is -0.140. The SMILES string of the molecule is CCCCCC(O)C=CC1C=CCC1C(O)CCCCCC(=O)OC. The summed E-state index contributed by atoms with van der Waals surface area (Å²) >= 11 is 0. The topological polar surface area (TPSA) is 66.8 Å².